The molecule has 5 nitrogen and oxygen atoms in total. The second-order valence-corrected chi connectivity index (χ2v) is 6.21. The Morgan fingerprint density at radius 3 is 2.83 bits per heavy atom. The number of piperidine rings is 1. The van der Waals surface area contributed by atoms with Gasteiger partial charge in [0.05, 0.1) is 18.8 Å². The van der Waals surface area contributed by atoms with Crippen molar-refractivity contribution in [1.29, 1.82) is 0 Å². The molecule has 2 heterocycles. The third-order valence-electron chi connectivity index (χ3n) is 3.33. The Labute approximate surface area is 109 Å². The van der Waals surface area contributed by atoms with Gasteiger partial charge in [-0.2, -0.15) is 0 Å². The lowest BCUT2D eigenvalue weighted by atomic mass is 9.91. The molecule has 0 saturated carbocycles. The Morgan fingerprint density at radius 1 is 1.44 bits per heavy atom. The molecule has 2 rings (SSSR count). The number of ether oxygens (including phenoxy) is 2. The molecule has 1 amide bonds. The van der Waals surface area contributed by atoms with Crippen LogP contribution in [0.4, 0.5) is 4.79 Å². The number of hydrogen-bond acceptors (Lipinski definition) is 4. The van der Waals surface area contributed by atoms with Crippen LogP contribution in [-0.4, -0.2) is 55.0 Å². The van der Waals surface area contributed by atoms with E-state index >= 15 is 0 Å². The maximum absolute atomic E-state index is 12.1. The van der Waals surface area contributed by atoms with Crippen molar-refractivity contribution in [3.05, 3.63) is 0 Å². The van der Waals surface area contributed by atoms with E-state index < -0.39 is 5.60 Å². The lowest BCUT2D eigenvalue weighted by Gasteiger charge is -2.44. The summed E-state index contributed by atoms with van der Waals surface area (Å²) in [7, 11) is 0. The molecule has 0 aliphatic carbocycles. The Hall–Kier alpha value is -0.810. The van der Waals surface area contributed by atoms with Gasteiger partial charge in [0.25, 0.3) is 0 Å². The van der Waals surface area contributed by atoms with Crippen LogP contribution >= 0.6 is 0 Å². The normalized spacial score (nSPS) is 29.4. The number of nitrogens with one attached hydrogen (secondary N) is 1. The van der Waals surface area contributed by atoms with Gasteiger partial charge in [-0.15, -0.1) is 0 Å². The van der Waals surface area contributed by atoms with Crippen LogP contribution in [0, 0.1) is 0 Å². The highest BCUT2D eigenvalue weighted by Gasteiger charge is 2.40. The fourth-order valence-corrected chi connectivity index (χ4v) is 2.55. The van der Waals surface area contributed by atoms with Crippen LogP contribution < -0.4 is 5.32 Å². The molecular weight excluding hydrogens is 232 g/mol. The molecule has 1 unspecified atom stereocenters. The zero-order valence-corrected chi connectivity index (χ0v) is 11.6. The van der Waals surface area contributed by atoms with Crippen molar-refractivity contribution in [1.82, 2.24) is 10.2 Å². The van der Waals surface area contributed by atoms with Crippen molar-refractivity contribution < 1.29 is 14.3 Å². The van der Waals surface area contributed by atoms with Gasteiger partial charge in [0.2, 0.25) is 0 Å². The predicted molar refractivity (Wildman–Crippen MR) is 68.6 cm³/mol. The number of carbonyl (C=O) groups is 1. The van der Waals surface area contributed by atoms with Crippen LogP contribution in [-0.2, 0) is 9.47 Å². The fourth-order valence-electron chi connectivity index (χ4n) is 2.55. The zero-order chi connectivity index (χ0) is 13.2. The number of likely N-dealkylation sites (tertiary alicyclic amines) is 1. The summed E-state index contributed by atoms with van der Waals surface area (Å²) in [5.41, 5.74) is -0.638. The van der Waals surface area contributed by atoms with Crippen molar-refractivity contribution in [3.63, 3.8) is 0 Å². The number of nitrogens with zero attached hydrogens (tertiary/aromatic N) is 1. The molecule has 0 bridgehead atoms. The SMILES string of the molecule is CC(C)(C)OC(=O)N1CCCC2(CNCCO2)C1. The van der Waals surface area contributed by atoms with Gasteiger partial charge in [-0.05, 0) is 33.6 Å². The molecule has 5 heteroatoms. The van der Waals surface area contributed by atoms with E-state index in [1.165, 1.54) is 0 Å². The number of carbonyl (C=O) groups excluding carboxylic acids is 1. The van der Waals surface area contributed by atoms with Gasteiger partial charge in [0, 0.05) is 19.6 Å². The van der Waals surface area contributed by atoms with Crippen molar-refractivity contribution in [2.75, 3.05) is 32.8 Å². The van der Waals surface area contributed by atoms with E-state index in [1.807, 2.05) is 20.8 Å². The van der Waals surface area contributed by atoms with Crippen molar-refractivity contribution in [2.45, 2.75) is 44.8 Å². The lowest BCUT2D eigenvalue weighted by molar-refractivity contribution is -0.105. The van der Waals surface area contributed by atoms with Gasteiger partial charge in [0.15, 0.2) is 0 Å². The minimum Gasteiger partial charge on any atom is -0.444 e. The molecule has 0 aromatic heterocycles. The first-order chi connectivity index (χ1) is 8.40. The van der Waals surface area contributed by atoms with E-state index in [0.29, 0.717) is 6.54 Å². The maximum atomic E-state index is 12.1. The zero-order valence-electron chi connectivity index (χ0n) is 11.6. The van der Waals surface area contributed by atoms with Crippen molar-refractivity contribution >= 4 is 6.09 Å². The van der Waals surface area contributed by atoms with Gasteiger partial charge in [0.1, 0.15) is 5.60 Å². The first-order valence-corrected chi connectivity index (χ1v) is 6.73. The van der Waals surface area contributed by atoms with Gasteiger partial charge in [-0.25, -0.2) is 4.79 Å². The second kappa shape index (κ2) is 5.05. The number of rotatable bonds is 0. The van der Waals surface area contributed by atoms with Gasteiger partial charge >= 0.3 is 6.09 Å². The first-order valence-electron chi connectivity index (χ1n) is 6.73. The van der Waals surface area contributed by atoms with E-state index in [9.17, 15) is 4.79 Å². The van der Waals surface area contributed by atoms with Gasteiger partial charge in [-0.1, -0.05) is 0 Å². The third kappa shape index (κ3) is 3.36. The molecule has 1 spiro atoms. The maximum Gasteiger partial charge on any atom is 0.410 e. The quantitative estimate of drug-likeness (QED) is 0.711. The molecule has 2 aliphatic rings. The minimum atomic E-state index is -0.437. The molecule has 0 radical (unpaired) electrons. The van der Waals surface area contributed by atoms with Crippen LogP contribution in [0.15, 0.2) is 0 Å². The summed E-state index contributed by atoms with van der Waals surface area (Å²) in [6.07, 6.45) is 1.76. The van der Waals surface area contributed by atoms with E-state index in [-0.39, 0.29) is 11.7 Å². The van der Waals surface area contributed by atoms with Crippen LogP contribution in [0.5, 0.6) is 0 Å². The van der Waals surface area contributed by atoms with Crippen molar-refractivity contribution in [3.8, 4) is 0 Å². The fraction of sp³-hybridized carbons (Fsp3) is 0.923. The van der Waals surface area contributed by atoms with Crippen LogP contribution in [0.2, 0.25) is 0 Å². The van der Waals surface area contributed by atoms with E-state index in [2.05, 4.69) is 5.32 Å². The summed E-state index contributed by atoms with van der Waals surface area (Å²) in [6.45, 7) is 9.52. The summed E-state index contributed by atoms with van der Waals surface area (Å²) in [4.78, 5) is 13.8. The molecule has 104 valence electrons. The second-order valence-electron chi connectivity index (χ2n) is 6.21. The highest BCUT2D eigenvalue weighted by Crippen LogP contribution is 2.27. The summed E-state index contributed by atoms with van der Waals surface area (Å²) in [5, 5.41) is 3.35. The minimum absolute atomic E-state index is 0.201. The van der Waals surface area contributed by atoms with Crippen molar-refractivity contribution in [2.24, 2.45) is 0 Å². The van der Waals surface area contributed by atoms with Gasteiger partial charge < -0.3 is 19.7 Å². The average molecular weight is 256 g/mol. The molecule has 18 heavy (non-hydrogen) atoms. The average Bonchev–Trinajstić information content (AvgIpc) is 2.28. The molecule has 2 fully saturated rings. The van der Waals surface area contributed by atoms with E-state index in [1.54, 1.807) is 4.90 Å². The molecule has 0 aromatic carbocycles. The topological polar surface area (TPSA) is 50.8 Å². The molecule has 0 aromatic rings. The standard InChI is InChI=1S/C13H24N2O3/c1-12(2,3)18-11(16)15-7-4-5-13(10-15)9-14-6-8-17-13/h14H,4-10H2,1-3H3. The number of hydrogen-bond donors (Lipinski definition) is 1. The summed E-state index contributed by atoms with van der Waals surface area (Å²) in [6, 6.07) is 0. The molecule has 2 saturated heterocycles. The largest absolute Gasteiger partial charge is 0.444 e. The van der Waals surface area contributed by atoms with Crippen LogP contribution in [0.1, 0.15) is 33.6 Å². The Morgan fingerprint density at radius 2 is 2.22 bits per heavy atom. The number of morpholine rings is 1. The smallest absolute Gasteiger partial charge is 0.410 e. The lowest BCUT2D eigenvalue weighted by Crippen LogP contribution is -2.60. The molecular formula is C13H24N2O3. The van der Waals surface area contributed by atoms with E-state index in [4.69, 9.17) is 9.47 Å². The first kappa shape index (κ1) is 13.6. The van der Waals surface area contributed by atoms with Crippen LogP contribution in [0.3, 0.4) is 0 Å². The predicted octanol–water partition coefficient (Wildman–Crippen LogP) is 1.38. The highest BCUT2D eigenvalue weighted by molar-refractivity contribution is 5.68. The highest BCUT2D eigenvalue weighted by atomic mass is 16.6. The monoisotopic (exact) mass is 256 g/mol. The summed E-state index contributed by atoms with van der Waals surface area (Å²) < 4.78 is 11.3. The third-order valence-corrected chi connectivity index (χ3v) is 3.33. The Bertz CT molecular complexity index is 300. The van der Waals surface area contributed by atoms with Gasteiger partial charge in [-0.3, -0.25) is 0 Å². The van der Waals surface area contributed by atoms with Crippen LogP contribution in [0.25, 0.3) is 0 Å². The summed E-state index contributed by atoms with van der Waals surface area (Å²) >= 11 is 0. The Balaban J connectivity index is 1.95. The Kier molecular flexibility index (Phi) is 3.82. The van der Waals surface area contributed by atoms with E-state index in [0.717, 1.165) is 39.1 Å². The number of amides is 1. The molecule has 2 aliphatic heterocycles. The molecule has 1 atom stereocenters. The molecule has 1 N–H and O–H groups in total. The summed E-state index contributed by atoms with van der Waals surface area (Å²) in [5.74, 6) is 0.